The predicted octanol–water partition coefficient (Wildman–Crippen LogP) is 3.26. The van der Waals surface area contributed by atoms with Gasteiger partial charge in [-0.2, -0.15) is 0 Å². The maximum atomic E-state index is 12.3. The molecule has 7 heteroatoms. The predicted molar refractivity (Wildman–Crippen MR) is 79.8 cm³/mol. The number of hydrogen-bond acceptors (Lipinski definition) is 3. The standard InChI is InChI=1S/C13H16Cl2N2O3/c1-3-13(7-14,8-15)16-12(18)10-6-9(2)4-5-11(10)17(19)20/h4-6H,3,7-8H2,1-2H3,(H,16,18). The number of halogens is 2. The van der Waals surface area contributed by atoms with Gasteiger partial charge in [-0.15, -0.1) is 23.2 Å². The highest BCUT2D eigenvalue weighted by Crippen LogP contribution is 2.22. The average molecular weight is 319 g/mol. The van der Waals surface area contributed by atoms with Gasteiger partial charge in [0.1, 0.15) is 5.56 Å². The number of alkyl halides is 2. The molecule has 0 aliphatic carbocycles. The third-order valence-electron chi connectivity index (χ3n) is 3.16. The largest absolute Gasteiger partial charge is 0.344 e. The lowest BCUT2D eigenvalue weighted by molar-refractivity contribution is -0.385. The smallest absolute Gasteiger partial charge is 0.282 e. The zero-order valence-corrected chi connectivity index (χ0v) is 12.8. The van der Waals surface area contributed by atoms with Crippen LogP contribution in [0.1, 0.15) is 29.3 Å². The fourth-order valence-electron chi connectivity index (χ4n) is 1.68. The first-order chi connectivity index (χ1) is 9.39. The van der Waals surface area contributed by atoms with Crippen LogP contribution in [0.3, 0.4) is 0 Å². The molecule has 1 aromatic rings. The summed E-state index contributed by atoms with van der Waals surface area (Å²) >= 11 is 11.7. The van der Waals surface area contributed by atoms with Crippen molar-refractivity contribution in [3.05, 3.63) is 39.4 Å². The summed E-state index contributed by atoms with van der Waals surface area (Å²) in [5.41, 5.74) is -0.220. The molecule has 0 atom stereocenters. The van der Waals surface area contributed by atoms with E-state index in [1.54, 1.807) is 13.0 Å². The Hall–Kier alpha value is -1.33. The third kappa shape index (κ3) is 3.61. The monoisotopic (exact) mass is 318 g/mol. The van der Waals surface area contributed by atoms with Gasteiger partial charge in [0.15, 0.2) is 0 Å². The van der Waals surface area contributed by atoms with Crippen molar-refractivity contribution in [2.45, 2.75) is 25.8 Å². The van der Waals surface area contributed by atoms with Gasteiger partial charge in [0, 0.05) is 17.8 Å². The molecule has 1 amide bonds. The van der Waals surface area contributed by atoms with Gasteiger partial charge < -0.3 is 5.32 Å². The van der Waals surface area contributed by atoms with E-state index in [0.717, 1.165) is 5.56 Å². The first kappa shape index (κ1) is 16.7. The number of nitro groups is 1. The lowest BCUT2D eigenvalue weighted by atomic mass is 10.00. The van der Waals surface area contributed by atoms with E-state index in [2.05, 4.69) is 5.32 Å². The molecule has 0 fully saturated rings. The number of hydrogen-bond donors (Lipinski definition) is 1. The van der Waals surface area contributed by atoms with Crippen molar-refractivity contribution < 1.29 is 9.72 Å². The molecule has 20 heavy (non-hydrogen) atoms. The lowest BCUT2D eigenvalue weighted by Gasteiger charge is -2.29. The van der Waals surface area contributed by atoms with E-state index in [1.807, 2.05) is 6.92 Å². The van der Waals surface area contributed by atoms with Crippen molar-refractivity contribution in [2.75, 3.05) is 11.8 Å². The second-order valence-corrected chi connectivity index (χ2v) is 5.17. The van der Waals surface area contributed by atoms with Crippen LogP contribution in [0.15, 0.2) is 18.2 Å². The average Bonchev–Trinajstić information content (AvgIpc) is 2.44. The number of nitrogens with zero attached hydrogens (tertiary/aromatic N) is 1. The number of carbonyl (C=O) groups excluding carboxylic acids is 1. The van der Waals surface area contributed by atoms with Gasteiger partial charge in [-0.1, -0.05) is 13.0 Å². The van der Waals surface area contributed by atoms with Crippen molar-refractivity contribution >= 4 is 34.8 Å². The highest BCUT2D eigenvalue weighted by molar-refractivity contribution is 6.22. The Morgan fingerprint density at radius 2 is 2.00 bits per heavy atom. The summed E-state index contributed by atoms with van der Waals surface area (Å²) in [5.74, 6) is -0.264. The van der Waals surface area contributed by atoms with E-state index < -0.39 is 16.4 Å². The summed E-state index contributed by atoms with van der Waals surface area (Å²) in [7, 11) is 0. The summed E-state index contributed by atoms with van der Waals surface area (Å²) in [6.45, 7) is 3.60. The third-order valence-corrected chi connectivity index (χ3v) is 4.18. The molecule has 0 aliphatic rings. The number of amides is 1. The van der Waals surface area contributed by atoms with Crippen molar-refractivity contribution in [2.24, 2.45) is 0 Å². The zero-order valence-electron chi connectivity index (χ0n) is 11.3. The molecule has 0 saturated carbocycles. The summed E-state index contributed by atoms with van der Waals surface area (Å²) in [4.78, 5) is 22.7. The van der Waals surface area contributed by atoms with Crippen molar-refractivity contribution in [3.8, 4) is 0 Å². The number of rotatable bonds is 6. The summed E-state index contributed by atoms with van der Waals surface area (Å²) in [6.07, 6.45) is 0.533. The molecule has 0 unspecified atom stereocenters. The summed E-state index contributed by atoms with van der Waals surface area (Å²) in [5, 5.41) is 13.7. The quantitative estimate of drug-likeness (QED) is 0.497. The molecule has 0 aliphatic heterocycles. The van der Waals surface area contributed by atoms with Crippen LogP contribution in [-0.2, 0) is 0 Å². The van der Waals surface area contributed by atoms with E-state index >= 15 is 0 Å². The van der Waals surface area contributed by atoms with Crippen molar-refractivity contribution in [1.29, 1.82) is 0 Å². The number of aryl methyl sites for hydroxylation is 1. The molecule has 0 bridgehead atoms. The minimum atomic E-state index is -0.766. The van der Waals surface area contributed by atoms with Gasteiger partial charge in [-0.05, 0) is 25.0 Å². The summed E-state index contributed by atoms with van der Waals surface area (Å²) in [6, 6.07) is 4.39. The second-order valence-electron chi connectivity index (χ2n) is 4.63. The van der Waals surface area contributed by atoms with Crippen LogP contribution >= 0.6 is 23.2 Å². The van der Waals surface area contributed by atoms with Crippen molar-refractivity contribution in [1.82, 2.24) is 5.32 Å². The summed E-state index contributed by atoms with van der Waals surface area (Å²) < 4.78 is 0. The number of benzene rings is 1. The Bertz CT molecular complexity index is 508. The number of nitro benzene ring substituents is 1. The minimum absolute atomic E-state index is 0.0167. The fourth-order valence-corrected chi connectivity index (χ4v) is 2.48. The Balaban J connectivity index is 3.15. The highest BCUT2D eigenvalue weighted by Gasteiger charge is 2.31. The Morgan fingerprint density at radius 1 is 1.40 bits per heavy atom. The van der Waals surface area contributed by atoms with Crippen LogP contribution in [0.2, 0.25) is 0 Å². The van der Waals surface area contributed by atoms with Crippen LogP contribution < -0.4 is 5.32 Å². The van der Waals surface area contributed by atoms with Gasteiger partial charge in [0.25, 0.3) is 11.6 Å². The van der Waals surface area contributed by atoms with E-state index in [1.165, 1.54) is 12.1 Å². The SMILES string of the molecule is CCC(CCl)(CCl)NC(=O)c1cc(C)ccc1[N+](=O)[O-]. The van der Waals surface area contributed by atoms with Crippen LogP contribution in [0, 0.1) is 17.0 Å². The van der Waals surface area contributed by atoms with E-state index in [9.17, 15) is 14.9 Å². The minimum Gasteiger partial charge on any atom is -0.344 e. The Labute approximate surface area is 127 Å². The molecule has 110 valence electrons. The fraction of sp³-hybridized carbons (Fsp3) is 0.462. The molecule has 0 heterocycles. The number of carbonyl (C=O) groups is 1. The molecule has 0 spiro atoms. The van der Waals surface area contributed by atoms with Crippen LogP contribution in [0.25, 0.3) is 0 Å². The first-order valence-electron chi connectivity index (χ1n) is 6.08. The molecule has 0 aromatic heterocycles. The van der Waals surface area contributed by atoms with Gasteiger partial charge in [0.05, 0.1) is 10.5 Å². The maximum absolute atomic E-state index is 12.3. The van der Waals surface area contributed by atoms with Crippen LogP contribution in [-0.4, -0.2) is 28.1 Å². The molecule has 1 rings (SSSR count). The Kier molecular flexibility index (Phi) is 5.77. The van der Waals surface area contributed by atoms with E-state index in [-0.39, 0.29) is 23.0 Å². The van der Waals surface area contributed by atoms with Gasteiger partial charge in [-0.3, -0.25) is 14.9 Å². The topological polar surface area (TPSA) is 72.2 Å². The first-order valence-corrected chi connectivity index (χ1v) is 7.15. The highest BCUT2D eigenvalue weighted by atomic mass is 35.5. The molecule has 0 saturated heterocycles. The second kappa shape index (κ2) is 6.90. The van der Waals surface area contributed by atoms with Crippen LogP contribution in [0.4, 0.5) is 5.69 Å². The lowest BCUT2D eigenvalue weighted by Crippen LogP contribution is -2.51. The van der Waals surface area contributed by atoms with Gasteiger partial charge in [-0.25, -0.2) is 0 Å². The van der Waals surface area contributed by atoms with Gasteiger partial charge in [0.2, 0.25) is 0 Å². The molecule has 1 aromatic carbocycles. The maximum Gasteiger partial charge on any atom is 0.282 e. The molecule has 0 radical (unpaired) electrons. The van der Waals surface area contributed by atoms with Gasteiger partial charge >= 0.3 is 0 Å². The molecule has 1 N–H and O–H groups in total. The molecular weight excluding hydrogens is 303 g/mol. The van der Waals surface area contributed by atoms with Crippen molar-refractivity contribution in [3.63, 3.8) is 0 Å². The van der Waals surface area contributed by atoms with Crippen LogP contribution in [0.5, 0.6) is 0 Å². The normalized spacial score (nSPS) is 11.2. The molecule has 5 nitrogen and oxygen atoms in total. The zero-order chi connectivity index (χ0) is 15.3. The molecular formula is C13H16Cl2N2O3. The van der Waals surface area contributed by atoms with E-state index in [4.69, 9.17) is 23.2 Å². The number of nitrogens with one attached hydrogen (secondary N) is 1. The Morgan fingerprint density at radius 3 is 2.45 bits per heavy atom. The van der Waals surface area contributed by atoms with E-state index in [0.29, 0.717) is 6.42 Å².